The number of phenolic OH excluding ortho intramolecular Hbond substituents is 1. The first-order chi connectivity index (χ1) is 20.4. The van der Waals surface area contributed by atoms with E-state index >= 15 is 0 Å². The Morgan fingerprint density at radius 3 is 2.14 bits per heavy atom. The van der Waals surface area contributed by atoms with Gasteiger partial charge in [-0.15, -0.1) is 0 Å². The van der Waals surface area contributed by atoms with E-state index < -0.39 is 47.9 Å². The van der Waals surface area contributed by atoms with Crippen molar-refractivity contribution >= 4 is 34.6 Å². The number of carboxylic acid groups (broad SMARTS) is 1. The first-order valence-electron chi connectivity index (χ1n) is 14.6. The summed E-state index contributed by atoms with van der Waals surface area (Å²) in [5.74, 6) is -3.19. The van der Waals surface area contributed by atoms with E-state index in [1.807, 2.05) is 58.2 Å². The number of aliphatic carboxylic acids is 1. The van der Waals surface area contributed by atoms with Crippen LogP contribution in [-0.4, -0.2) is 63.1 Å². The van der Waals surface area contributed by atoms with Crippen molar-refractivity contribution in [2.75, 3.05) is 0 Å². The van der Waals surface area contributed by atoms with Gasteiger partial charge < -0.3 is 36.9 Å². The second kappa shape index (κ2) is 15.2. The number of nitrogens with two attached hydrogens (primary N) is 1. The molecule has 0 bridgehead atoms. The second-order valence-corrected chi connectivity index (χ2v) is 11.5. The average Bonchev–Trinajstić information content (AvgIpc) is 3.37. The molecule has 5 unspecified atom stereocenters. The summed E-state index contributed by atoms with van der Waals surface area (Å²) in [5, 5.41) is 28.4. The first kappa shape index (κ1) is 33.1. The zero-order valence-electron chi connectivity index (χ0n) is 25.1. The van der Waals surface area contributed by atoms with Gasteiger partial charge in [0.25, 0.3) is 0 Å². The number of carboxylic acids is 1. The van der Waals surface area contributed by atoms with Gasteiger partial charge in [0.1, 0.15) is 23.9 Å². The molecule has 11 nitrogen and oxygen atoms in total. The van der Waals surface area contributed by atoms with E-state index in [4.69, 9.17) is 5.73 Å². The fourth-order valence-corrected chi connectivity index (χ4v) is 4.90. The van der Waals surface area contributed by atoms with Gasteiger partial charge in [-0.1, -0.05) is 64.4 Å². The number of hydrogen-bond acceptors (Lipinski definition) is 6. The number of phenols is 1. The summed E-state index contributed by atoms with van der Waals surface area (Å²) in [5.41, 5.74) is 8.72. The lowest BCUT2D eigenvalue weighted by atomic mass is 9.96. The molecule has 0 spiro atoms. The van der Waals surface area contributed by atoms with Crippen LogP contribution in [0.2, 0.25) is 0 Å². The number of nitrogens with one attached hydrogen (secondary N) is 4. The van der Waals surface area contributed by atoms with E-state index in [2.05, 4.69) is 20.9 Å². The molecule has 43 heavy (non-hydrogen) atoms. The minimum absolute atomic E-state index is 0.00463. The maximum absolute atomic E-state index is 13.6. The lowest BCUT2D eigenvalue weighted by Gasteiger charge is -2.28. The highest BCUT2D eigenvalue weighted by Gasteiger charge is 2.33. The molecule has 0 aliphatic heterocycles. The summed E-state index contributed by atoms with van der Waals surface area (Å²) < 4.78 is 0. The quantitative estimate of drug-likeness (QED) is 0.141. The van der Waals surface area contributed by atoms with Gasteiger partial charge in [0.15, 0.2) is 0 Å². The third kappa shape index (κ3) is 9.31. The van der Waals surface area contributed by atoms with Crippen molar-refractivity contribution in [3.63, 3.8) is 0 Å². The molecule has 3 amide bonds. The Bertz CT molecular complexity index is 1400. The smallest absolute Gasteiger partial charge is 0.326 e. The predicted octanol–water partition coefficient (Wildman–Crippen LogP) is 2.62. The minimum atomic E-state index is -1.18. The molecule has 11 heteroatoms. The van der Waals surface area contributed by atoms with Crippen molar-refractivity contribution < 1.29 is 29.4 Å². The molecule has 1 aromatic heterocycles. The topological polar surface area (TPSA) is 187 Å². The molecule has 1 heterocycles. The number of hydrogen-bond donors (Lipinski definition) is 7. The summed E-state index contributed by atoms with van der Waals surface area (Å²) in [6.45, 7) is 7.39. The summed E-state index contributed by atoms with van der Waals surface area (Å²) in [6.07, 6.45) is 2.87. The van der Waals surface area contributed by atoms with Crippen LogP contribution >= 0.6 is 0 Å². The molecule has 2 aromatic carbocycles. The van der Waals surface area contributed by atoms with Crippen molar-refractivity contribution in [3.05, 3.63) is 65.9 Å². The number of rotatable bonds is 15. The van der Waals surface area contributed by atoms with Gasteiger partial charge >= 0.3 is 5.97 Å². The number of amides is 3. The molecular weight excluding hydrogens is 550 g/mol. The molecule has 0 fully saturated rings. The van der Waals surface area contributed by atoms with E-state index in [0.29, 0.717) is 12.0 Å². The third-order valence-corrected chi connectivity index (χ3v) is 7.58. The van der Waals surface area contributed by atoms with Crippen LogP contribution in [0.25, 0.3) is 10.9 Å². The number of aromatic nitrogens is 1. The Hall–Kier alpha value is -4.38. The van der Waals surface area contributed by atoms with Crippen LogP contribution in [0.5, 0.6) is 5.75 Å². The summed E-state index contributed by atoms with van der Waals surface area (Å²) in [6, 6.07) is 9.63. The molecule has 5 atom stereocenters. The molecule has 0 aliphatic rings. The minimum Gasteiger partial charge on any atom is -0.508 e. The van der Waals surface area contributed by atoms with Crippen LogP contribution in [0, 0.1) is 11.8 Å². The number of carbonyl (C=O) groups is 4. The summed E-state index contributed by atoms with van der Waals surface area (Å²) in [4.78, 5) is 55.2. The Morgan fingerprint density at radius 2 is 1.51 bits per heavy atom. The van der Waals surface area contributed by atoms with Gasteiger partial charge in [0.05, 0.1) is 6.04 Å². The molecule has 232 valence electrons. The van der Waals surface area contributed by atoms with E-state index in [1.54, 1.807) is 12.1 Å². The zero-order valence-corrected chi connectivity index (χ0v) is 25.1. The van der Waals surface area contributed by atoms with Gasteiger partial charge in [0, 0.05) is 23.5 Å². The molecule has 0 aliphatic carbocycles. The molecule has 0 saturated carbocycles. The normalized spacial score (nSPS) is 14.8. The van der Waals surface area contributed by atoms with Gasteiger partial charge in [-0.3, -0.25) is 14.4 Å². The molecule has 0 saturated heterocycles. The highest BCUT2D eigenvalue weighted by Crippen LogP contribution is 2.19. The van der Waals surface area contributed by atoms with Crippen molar-refractivity contribution in [1.29, 1.82) is 0 Å². The highest BCUT2D eigenvalue weighted by atomic mass is 16.4. The first-order valence-corrected chi connectivity index (χ1v) is 14.6. The fraction of sp³-hybridized carbons (Fsp3) is 0.438. The van der Waals surface area contributed by atoms with Gasteiger partial charge in [0.2, 0.25) is 17.7 Å². The van der Waals surface area contributed by atoms with E-state index in [-0.39, 0.29) is 36.8 Å². The molecular formula is C32H43N5O6. The maximum atomic E-state index is 13.6. The number of aromatic hydroxyl groups is 1. The average molecular weight is 594 g/mol. The number of benzene rings is 2. The zero-order chi connectivity index (χ0) is 31.7. The van der Waals surface area contributed by atoms with Crippen molar-refractivity contribution in [2.45, 2.75) is 77.5 Å². The number of carbonyl (C=O) groups excluding carboxylic acids is 3. The predicted molar refractivity (Wildman–Crippen MR) is 164 cm³/mol. The third-order valence-electron chi connectivity index (χ3n) is 7.58. The van der Waals surface area contributed by atoms with Crippen LogP contribution in [-0.2, 0) is 32.0 Å². The Balaban J connectivity index is 1.78. The van der Waals surface area contributed by atoms with E-state index in [1.165, 1.54) is 12.1 Å². The summed E-state index contributed by atoms with van der Waals surface area (Å²) >= 11 is 0. The van der Waals surface area contributed by atoms with Crippen LogP contribution < -0.4 is 21.7 Å². The maximum Gasteiger partial charge on any atom is 0.326 e. The van der Waals surface area contributed by atoms with Crippen molar-refractivity contribution in [3.8, 4) is 5.75 Å². The molecule has 3 rings (SSSR count). The Kier molecular flexibility index (Phi) is 11.7. The van der Waals surface area contributed by atoms with E-state index in [9.17, 15) is 29.4 Å². The number of H-pyrrole nitrogens is 1. The van der Waals surface area contributed by atoms with E-state index in [0.717, 1.165) is 16.5 Å². The molecule has 3 aromatic rings. The van der Waals surface area contributed by atoms with Crippen molar-refractivity contribution in [1.82, 2.24) is 20.9 Å². The van der Waals surface area contributed by atoms with Gasteiger partial charge in [-0.2, -0.15) is 0 Å². The number of aromatic amines is 1. The second-order valence-electron chi connectivity index (χ2n) is 11.5. The van der Waals surface area contributed by atoms with Crippen molar-refractivity contribution in [2.24, 2.45) is 17.6 Å². The monoisotopic (exact) mass is 593 g/mol. The molecule has 8 N–H and O–H groups in total. The lowest BCUT2D eigenvalue weighted by molar-refractivity contribution is -0.142. The Morgan fingerprint density at radius 1 is 0.860 bits per heavy atom. The van der Waals surface area contributed by atoms with Crippen LogP contribution in [0.3, 0.4) is 0 Å². The lowest BCUT2D eigenvalue weighted by Crippen LogP contribution is -2.59. The van der Waals surface area contributed by atoms with Gasteiger partial charge in [-0.25, -0.2) is 4.79 Å². The fourth-order valence-electron chi connectivity index (χ4n) is 4.90. The van der Waals surface area contributed by atoms with Crippen LogP contribution in [0.4, 0.5) is 0 Å². The molecule has 0 radical (unpaired) electrons. The largest absolute Gasteiger partial charge is 0.508 e. The van der Waals surface area contributed by atoms with Gasteiger partial charge in [-0.05, 0) is 54.0 Å². The highest BCUT2D eigenvalue weighted by molar-refractivity contribution is 5.94. The summed E-state index contributed by atoms with van der Waals surface area (Å²) in [7, 11) is 0. The van der Waals surface area contributed by atoms with Crippen LogP contribution in [0.15, 0.2) is 54.7 Å². The Labute approximate surface area is 251 Å². The number of para-hydroxylation sites is 1. The SMILES string of the molecule is CCC(C)C(NC(=O)C(N)Cc1c[nH]c2ccccc12)C(=O)NC(Cc1ccc(O)cc1)C(=O)NC(CC(C)C)C(=O)O. The standard InChI is InChI=1S/C32H43N5O6/c1-5-19(4)28(37-29(39)24(33)16-21-17-34-25-9-7-6-8-23(21)25)31(41)35-26(15-20-10-12-22(38)13-11-20)30(40)36-27(32(42)43)14-18(2)3/h6-13,17-19,24,26-28,34,38H,5,14-16,33H2,1-4H3,(H,35,41)(H,36,40)(H,37,39)(H,42,43). The van der Waals surface area contributed by atoms with Crippen LogP contribution in [0.1, 0.15) is 51.7 Å². The number of fused-ring (bicyclic) bond motifs is 1.